The number of fused-ring (bicyclic) bond motifs is 3. The highest BCUT2D eigenvalue weighted by Crippen LogP contribution is 2.71. The first kappa shape index (κ1) is 39.7. The van der Waals surface area contributed by atoms with Crippen LogP contribution in [0.3, 0.4) is 0 Å². The summed E-state index contributed by atoms with van der Waals surface area (Å²) in [4.78, 5) is 60.8. The average molecular weight is 811 g/mol. The summed E-state index contributed by atoms with van der Waals surface area (Å²) in [7, 11) is -2.51. The number of benzene rings is 2. The normalized spacial score (nSPS) is 27.0. The molecule has 3 amide bonds. The predicted octanol–water partition coefficient (Wildman–Crippen LogP) is 7.71. The predicted molar refractivity (Wildman–Crippen MR) is 217 cm³/mol. The molecule has 1 unspecified atom stereocenters. The van der Waals surface area contributed by atoms with Crippen molar-refractivity contribution in [3.63, 3.8) is 0 Å². The van der Waals surface area contributed by atoms with Gasteiger partial charge < -0.3 is 39.1 Å². The molecule has 0 spiro atoms. The topological polar surface area (TPSA) is 170 Å². The minimum Gasteiger partial charge on any atom is -0.497 e. The van der Waals surface area contributed by atoms with Gasteiger partial charge in [0, 0.05) is 35.4 Å². The van der Waals surface area contributed by atoms with E-state index in [-0.39, 0.29) is 37.6 Å². The number of amides is 3. The molecule has 2 aromatic heterocycles. The van der Waals surface area contributed by atoms with Gasteiger partial charge in [-0.2, -0.15) is 0 Å². The van der Waals surface area contributed by atoms with Crippen molar-refractivity contribution in [1.82, 2.24) is 20.5 Å². The number of methoxy groups -OCH3 is 1. The number of nitrogens with one attached hydrogen (secondary N) is 2. The minimum atomic E-state index is -4.10. The minimum absolute atomic E-state index is 0.0346. The summed E-state index contributed by atoms with van der Waals surface area (Å²) in [6, 6.07) is 18.4. The van der Waals surface area contributed by atoms with E-state index in [1.807, 2.05) is 66.7 Å². The van der Waals surface area contributed by atoms with E-state index in [2.05, 4.69) is 10.6 Å². The van der Waals surface area contributed by atoms with E-state index in [1.165, 1.54) is 11.2 Å². The molecule has 0 radical (unpaired) electrons. The van der Waals surface area contributed by atoms with Crippen molar-refractivity contribution in [3.8, 4) is 22.8 Å². The highest BCUT2D eigenvalue weighted by molar-refractivity contribution is 7.59. The van der Waals surface area contributed by atoms with Crippen LogP contribution in [0.2, 0.25) is 0 Å². The number of pyridine rings is 1. The van der Waals surface area contributed by atoms with Crippen LogP contribution in [0.1, 0.15) is 76.4 Å². The van der Waals surface area contributed by atoms with E-state index >= 15 is 0 Å². The summed E-state index contributed by atoms with van der Waals surface area (Å²) in [6.45, 7) is 0.0346. The lowest BCUT2D eigenvalue weighted by atomic mass is 10.0. The number of alkyl carbamates (subject to hydrolysis) is 1. The van der Waals surface area contributed by atoms with Gasteiger partial charge in [0.15, 0.2) is 0 Å². The van der Waals surface area contributed by atoms with E-state index in [0.717, 1.165) is 55.9 Å². The molecule has 8 rings (SSSR count). The Balaban J connectivity index is 1.13. The Kier molecular flexibility index (Phi) is 11.6. The molecule has 2 aliphatic carbocycles. The monoisotopic (exact) mass is 810 g/mol. The quantitative estimate of drug-likeness (QED) is 0.112. The zero-order valence-corrected chi connectivity index (χ0v) is 33.6. The van der Waals surface area contributed by atoms with Crippen molar-refractivity contribution in [1.29, 1.82) is 0 Å². The van der Waals surface area contributed by atoms with Crippen LogP contribution in [0, 0.1) is 5.92 Å². The fraction of sp³-hybridized carbons (Fsp3) is 0.455. The Morgan fingerprint density at radius 1 is 1.02 bits per heavy atom. The van der Waals surface area contributed by atoms with E-state index in [9.17, 15) is 23.8 Å². The number of furan rings is 1. The van der Waals surface area contributed by atoms with E-state index in [0.29, 0.717) is 41.3 Å². The SMILES string of the molecule is COc1ccc2c(O[C@@H]3C[C@H]4C(=O)N[C@]5(P(=O)(O)Cc6ccco6)C[C@H]5/C=C\CCCCC[C@H](NC(=O)OC5CCCC5)C(=O)N4C3)cc(-c3ccccc3)nc2c1. The molecule has 6 atom stereocenters. The van der Waals surface area contributed by atoms with Crippen LogP contribution >= 0.6 is 7.37 Å². The molecule has 4 aliphatic rings. The molecule has 2 aromatic carbocycles. The van der Waals surface area contributed by atoms with Crippen LogP contribution in [0.4, 0.5) is 4.79 Å². The molecule has 58 heavy (non-hydrogen) atoms. The summed E-state index contributed by atoms with van der Waals surface area (Å²) < 4.78 is 37.8. The smallest absolute Gasteiger partial charge is 0.408 e. The fourth-order valence-corrected chi connectivity index (χ4v) is 11.0. The molecule has 13 nitrogen and oxygen atoms in total. The van der Waals surface area contributed by atoms with Crippen LogP contribution in [0.25, 0.3) is 22.2 Å². The Morgan fingerprint density at radius 3 is 2.60 bits per heavy atom. The van der Waals surface area contributed by atoms with Crippen molar-refractivity contribution >= 4 is 36.2 Å². The number of carbonyl (C=O) groups is 3. The molecular weight excluding hydrogens is 759 g/mol. The summed E-state index contributed by atoms with van der Waals surface area (Å²) in [6.07, 6.45) is 11.0. The number of hydrogen-bond acceptors (Lipinski definition) is 9. The van der Waals surface area contributed by atoms with Crippen LogP contribution < -0.4 is 20.1 Å². The Morgan fingerprint density at radius 2 is 1.83 bits per heavy atom. The molecule has 1 saturated heterocycles. The summed E-state index contributed by atoms with van der Waals surface area (Å²) in [5, 5.41) is 5.16. The molecule has 4 heterocycles. The molecule has 3 N–H and O–H groups in total. The maximum absolute atomic E-state index is 14.8. The molecular formula is C44H51N4O9P. The summed E-state index contributed by atoms with van der Waals surface area (Å²) in [5.74, 6) is 0.138. The second kappa shape index (κ2) is 17.0. The largest absolute Gasteiger partial charge is 0.497 e. The lowest BCUT2D eigenvalue weighted by Gasteiger charge is -2.31. The number of allylic oxidation sites excluding steroid dienone is 1. The third kappa shape index (κ3) is 8.52. The molecule has 4 aromatic rings. The van der Waals surface area contributed by atoms with E-state index < -0.39 is 48.7 Å². The van der Waals surface area contributed by atoms with Gasteiger partial charge in [-0.25, -0.2) is 9.78 Å². The van der Waals surface area contributed by atoms with Crippen LogP contribution in [-0.2, 0) is 25.1 Å². The highest BCUT2D eigenvalue weighted by atomic mass is 31.2. The van der Waals surface area contributed by atoms with E-state index in [1.54, 1.807) is 19.2 Å². The van der Waals surface area contributed by atoms with Crippen molar-refractivity contribution in [2.45, 2.75) is 106 Å². The maximum atomic E-state index is 14.8. The third-order valence-corrected chi connectivity index (χ3v) is 14.6. The van der Waals surface area contributed by atoms with E-state index in [4.69, 9.17) is 23.6 Å². The van der Waals surface area contributed by atoms with Gasteiger partial charge in [0.05, 0.1) is 37.3 Å². The Hall–Kier alpha value is -5.13. The van der Waals surface area contributed by atoms with Gasteiger partial charge in [0.25, 0.3) is 0 Å². The number of rotatable bonds is 9. The van der Waals surface area contributed by atoms with Gasteiger partial charge in [0.1, 0.15) is 46.8 Å². The zero-order valence-electron chi connectivity index (χ0n) is 32.7. The van der Waals surface area contributed by atoms with Gasteiger partial charge >= 0.3 is 6.09 Å². The van der Waals surface area contributed by atoms with Crippen LogP contribution in [-0.4, -0.2) is 75.9 Å². The van der Waals surface area contributed by atoms with Crippen LogP contribution in [0.15, 0.2) is 89.6 Å². The summed E-state index contributed by atoms with van der Waals surface area (Å²) in [5.41, 5.74) is 2.20. The summed E-state index contributed by atoms with van der Waals surface area (Å²) >= 11 is 0. The van der Waals surface area contributed by atoms with Crippen molar-refractivity contribution in [2.24, 2.45) is 5.92 Å². The first-order valence-corrected chi connectivity index (χ1v) is 22.3. The number of ether oxygens (including phenoxy) is 3. The lowest BCUT2D eigenvalue weighted by Crippen LogP contribution is -2.55. The second-order valence-electron chi connectivity index (χ2n) is 16.0. The Bertz CT molecular complexity index is 2190. The number of carbonyl (C=O) groups excluding carboxylic acids is 3. The second-order valence-corrected chi connectivity index (χ2v) is 18.5. The number of aromatic nitrogens is 1. The maximum Gasteiger partial charge on any atom is 0.408 e. The number of nitrogens with zero attached hydrogens (tertiary/aromatic N) is 2. The van der Waals surface area contributed by atoms with Crippen molar-refractivity contribution in [3.05, 3.63) is 90.9 Å². The first-order chi connectivity index (χ1) is 28.1. The Labute approximate surface area is 338 Å². The van der Waals surface area contributed by atoms with Gasteiger partial charge in [0.2, 0.25) is 19.2 Å². The van der Waals surface area contributed by atoms with Gasteiger partial charge in [-0.05, 0) is 75.6 Å². The van der Waals surface area contributed by atoms with Gasteiger partial charge in [-0.15, -0.1) is 0 Å². The van der Waals surface area contributed by atoms with Gasteiger partial charge in [-0.3, -0.25) is 14.2 Å². The fourth-order valence-electron chi connectivity index (χ4n) is 8.74. The molecule has 2 saturated carbocycles. The molecule has 0 bridgehead atoms. The third-order valence-electron chi connectivity index (χ3n) is 12.0. The van der Waals surface area contributed by atoms with Gasteiger partial charge in [-0.1, -0.05) is 55.3 Å². The number of hydrogen-bond donors (Lipinski definition) is 3. The highest BCUT2D eigenvalue weighted by Gasteiger charge is 2.66. The van der Waals surface area contributed by atoms with Crippen molar-refractivity contribution < 1.29 is 42.5 Å². The average Bonchev–Trinajstić information content (AvgIpc) is 3.68. The standard InChI is InChI=1S/C44H51N4O9P/c1-54-32-20-21-35-38(23-32)45-37(29-13-6-5-7-14-29)25-40(35)56-34-24-39-41(49)47-44(58(52,53)28-33-18-12-22-55-33)26-30(44)15-8-3-2-4-9-19-36(42(50)48(39)27-34)46-43(51)57-31-16-10-11-17-31/h5-8,12-15,18,20-23,25,30-31,34,36,39H,2-4,9-11,16-17,19,24,26-28H2,1H3,(H,46,51)(H,47,49)(H,52,53)/b15-8-/t30-,34-,36+,39+,44+/m1/s1. The zero-order chi connectivity index (χ0) is 40.3. The van der Waals surface area contributed by atoms with Crippen LogP contribution in [0.5, 0.6) is 11.5 Å². The molecule has 306 valence electrons. The first-order valence-electron chi connectivity index (χ1n) is 20.4. The molecule has 2 aliphatic heterocycles. The molecule has 3 fully saturated rings. The lowest BCUT2D eigenvalue weighted by molar-refractivity contribution is -0.140. The van der Waals surface area contributed by atoms with Crippen molar-refractivity contribution in [2.75, 3.05) is 13.7 Å². The molecule has 14 heteroatoms.